The van der Waals surface area contributed by atoms with Gasteiger partial charge in [0.25, 0.3) is 5.91 Å². The minimum atomic E-state index is -3.39. The number of nitrogen functional groups attached to an aromatic ring is 1. The van der Waals surface area contributed by atoms with Crippen molar-refractivity contribution in [2.75, 3.05) is 16.9 Å². The van der Waals surface area contributed by atoms with Gasteiger partial charge in [-0.25, -0.2) is 8.42 Å². The number of amidine groups is 1. The molecule has 4 aromatic rings. The summed E-state index contributed by atoms with van der Waals surface area (Å²) in [5, 5.41) is 13.9. The first-order valence-electron chi connectivity index (χ1n) is 11.2. The van der Waals surface area contributed by atoms with Crippen molar-refractivity contribution in [2.45, 2.75) is 10.9 Å². The summed E-state index contributed by atoms with van der Waals surface area (Å²) >= 11 is 0. The number of carbonyl (C=O) groups excluding carboxylic acids is 1. The Bertz CT molecular complexity index is 1500. The lowest BCUT2D eigenvalue weighted by Crippen LogP contribution is -2.27. The average molecular weight is 499 g/mol. The van der Waals surface area contributed by atoms with Gasteiger partial charge in [-0.2, -0.15) is 0 Å². The molecule has 4 aromatic carbocycles. The second kappa shape index (κ2) is 10.5. The largest absolute Gasteiger partial charge is 0.384 e. The highest BCUT2D eigenvalue weighted by atomic mass is 32.2. The van der Waals surface area contributed by atoms with Gasteiger partial charge in [0.05, 0.1) is 4.90 Å². The van der Waals surface area contributed by atoms with E-state index in [2.05, 4.69) is 10.6 Å². The molecule has 182 valence electrons. The Labute approximate surface area is 210 Å². The molecule has 0 spiro atoms. The lowest BCUT2D eigenvalue weighted by atomic mass is 10.0. The molecule has 8 heteroatoms. The predicted molar refractivity (Wildman–Crippen MR) is 144 cm³/mol. The molecule has 4 rings (SSSR count). The van der Waals surface area contributed by atoms with E-state index in [0.717, 1.165) is 11.1 Å². The summed E-state index contributed by atoms with van der Waals surface area (Å²) in [6.07, 6.45) is 1.18. The number of anilines is 2. The summed E-state index contributed by atoms with van der Waals surface area (Å²) in [6.45, 7) is 0. The van der Waals surface area contributed by atoms with Crippen molar-refractivity contribution in [2.24, 2.45) is 5.73 Å². The molecule has 0 radical (unpaired) electrons. The van der Waals surface area contributed by atoms with Gasteiger partial charge in [-0.15, -0.1) is 0 Å². The highest BCUT2D eigenvalue weighted by Crippen LogP contribution is 2.29. The van der Waals surface area contributed by atoms with E-state index in [-0.39, 0.29) is 16.6 Å². The van der Waals surface area contributed by atoms with Crippen molar-refractivity contribution in [1.82, 2.24) is 0 Å². The predicted octanol–water partition coefficient (Wildman–Crippen LogP) is 4.83. The highest BCUT2D eigenvalue weighted by Gasteiger charge is 2.21. The average Bonchev–Trinajstić information content (AvgIpc) is 2.88. The summed E-state index contributed by atoms with van der Waals surface area (Å²) in [5.74, 6) is -0.337. The van der Waals surface area contributed by atoms with Crippen molar-refractivity contribution < 1.29 is 13.2 Å². The van der Waals surface area contributed by atoms with Crippen LogP contribution in [-0.4, -0.2) is 26.4 Å². The number of hydrogen-bond donors (Lipinski definition) is 4. The third-order valence-corrected chi connectivity index (χ3v) is 6.78. The van der Waals surface area contributed by atoms with Gasteiger partial charge >= 0.3 is 0 Å². The van der Waals surface area contributed by atoms with E-state index in [1.165, 1.54) is 6.26 Å². The first kappa shape index (κ1) is 24.7. The Hall–Kier alpha value is -4.43. The zero-order valence-corrected chi connectivity index (χ0v) is 20.4. The second-order valence-corrected chi connectivity index (χ2v) is 10.3. The fraction of sp³-hybridized carbons (Fsp3) is 0.0714. The van der Waals surface area contributed by atoms with E-state index in [4.69, 9.17) is 11.1 Å². The molecule has 0 aliphatic rings. The molecule has 7 nitrogen and oxygen atoms in total. The summed E-state index contributed by atoms with van der Waals surface area (Å²) in [7, 11) is -3.39. The monoisotopic (exact) mass is 498 g/mol. The van der Waals surface area contributed by atoms with Gasteiger partial charge in [0.15, 0.2) is 9.84 Å². The van der Waals surface area contributed by atoms with Crippen LogP contribution in [0.2, 0.25) is 0 Å². The third-order valence-electron chi connectivity index (χ3n) is 5.63. The maximum atomic E-state index is 13.4. The first-order chi connectivity index (χ1) is 17.2. The molecule has 0 heterocycles. The van der Waals surface area contributed by atoms with E-state index in [1.54, 1.807) is 66.7 Å². The molecular weight excluding hydrogens is 472 g/mol. The molecule has 0 fully saturated rings. The van der Waals surface area contributed by atoms with E-state index < -0.39 is 15.9 Å². The molecule has 0 unspecified atom stereocenters. The number of nitrogens with one attached hydrogen (secondary N) is 3. The molecule has 5 N–H and O–H groups in total. The van der Waals surface area contributed by atoms with Crippen LogP contribution < -0.4 is 16.4 Å². The standard InChI is InChI=1S/C28H26N4O3S/c1-36(34,35)25-13-6-5-12-24(25)19-14-16-22(17-15-19)32-28(33)26(20-8-3-2-4-9-20)31-23-11-7-10-21(18-23)27(29)30/h2-18,26,31H,1H3,(H3,29,30)(H,32,33)/t26-/m0/s1. The minimum absolute atomic E-state index is 0.0584. The molecule has 36 heavy (non-hydrogen) atoms. The van der Waals surface area contributed by atoms with Crippen molar-refractivity contribution in [1.29, 1.82) is 5.41 Å². The highest BCUT2D eigenvalue weighted by molar-refractivity contribution is 7.90. The summed E-state index contributed by atoms with van der Waals surface area (Å²) in [6, 6.07) is 29.5. The van der Waals surface area contributed by atoms with Crippen molar-refractivity contribution >= 4 is 33.0 Å². The molecule has 0 aliphatic heterocycles. The van der Waals surface area contributed by atoms with Gasteiger partial charge in [0.2, 0.25) is 0 Å². The molecule has 0 saturated carbocycles. The Balaban J connectivity index is 1.59. The summed E-state index contributed by atoms with van der Waals surface area (Å²) in [4.78, 5) is 13.6. The molecule has 0 aliphatic carbocycles. The number of carbonyl (C=O) groups is 1. The zero-order chi connectivity index (χ0) is 25.7. The number of amides is 1. The van der Waals surface area contributed by atoms with Crippen LogP contribution in [0.15, 0.2) is 108 Å². The maximum Gasteiger partial charge on any atom is 0.251 e. The quantitative estimate of drug-likeness (QED) is 0.204. The SMILES string of the molecule is CS(=O)(=O)c1ccccc1-c1ccc(NC(=O)[C@@H](Nc2cccc(C(=N)N)c2)c2ccccc2)cc1. The third kappa shape index (κ3) is 5.79. The maximum absolute atomic E-state index is 13.4. The van der Waals surface area contributed by atoms with Crippen LogP contribution >= 0.6 is 0 Å². The van der Waals surface area contributed by atoms with Crippen LogP contribution in [0.4, 0.5) is 11.4 Å². The summed E-state index contributed by atoms with van der Waals surface area (Å²) < 4.78 is 24.3. The Kier molecular flexibility index (Phi) is 7.17. The minimum Gasteiger partial charge on any atom is -0.384 e. The summed E-state index contributed by atoms with van der Waals surface area (Å²) in [5.41, 5.74) is 9.49. The van der Waals surface area contributed by atoms with E-state index >= 15 is 0 Å². The Morgan fingerprint density at radius 2 is 1.50 bits per heavy atom. The van der Waals surface area contributed by atoms with Crippen molar-refractivity contribution in [3.63, 3.8) is 0 Å². The van der Waals surface area contributed by atoms with Gasteiger partial charge in [-0.3, -0.25) is 10.2 Å². The van der Waals surface area contributed by atoms with Crippen LogP contribution in [0.3, 0.4) is 0 Å². The smallest absolute Gasteiger partial charge is 0.251 e. The normalized spacial score (nSPS) is 11.9. The topological polar surface area (TPSA) is 125 Å². The number of nitrogens with two attached hydrogens (primary N) is 1. The first-order valence-corrected chi connectivity index (χ1v) is 13.1. The van der Waals surface area contributed by atoms with Crippen LogP contribution in [0, 0.1) is 5.41 Å². The fourth-order valence-electron chi connectivity index (χ4n) is 3.86. The number of rotatable bonds is 8. The second-order valence-electron chi connectivity index (χ2n) is 8.32. The van der Waals surface area contributed by atoms with Crippen LogP contribution in [0.25, 0.3) is 11.1 Å². The zero-order valence-electron chi connectivity index (χ0n) is 19.6. The molecule has 0 aromatic heterocycles. The molecule has 1 atom stereocenters. The molecule has 1 amide bonds. The lowest BCUT2D eigenvalue weighted by Gasteiger charge is -2.20. The van der Waals surface area contributed by atoms with Gasteiger partial charge in [0, 0.05) is 28.8 Å². The fourth-order valence-corrected chi connectivity index (χ4v) is 4.78. The van der Waals surface area contributed by atoms with E-state index in [0.29, 0.717) is 22.5 Å². The van der Waals surface area contributed by atoms with E-state index in [9.17, 15) is 13.2 Å². The van der Waals surface area contributed by atoms with Gasteiger partial charge in [0.1, 0.15) is 11.9 Å². The van der Waals surface area contributed by atoms with Crippen molar-refractivity contribution in [3.8, 4) is 11.1 Å². The van der Waals surface area contributed by atoms with Crippen LogP contribution in [-0.2, 0) is 14.6 Å². The van der Waals surface area contributed by atoms with Gasteiger partial charge in [-0.1, -0.05) is 72.8 Å². The van der Waals surface area contributed by atoms with Crippen LogP contribution in [0.1, 0.15) is 17.2 Å². The molecular formula is C28H26N4O3S. The number of benzene rings is 4. The lowest BCUT2D eigenvalue weighted by molar-refractivity contribution is -0.117. The Morgan fingerprint density at radius 1 is 0.833 bits per heavy atom. The van der Waals surface area contributed by atoms with E-state index in [1.807, 2.05) is 36.4 Å². The molecule has 0 bridgehead atoms. The Morgan fingerprint density at radius 3 is 2.17 bits per heavy atom. The van der Waals surface area contributed by atoms with Crippen molar-refractivity contribution in [3.05, 3.63) is 114 Å². The number of sulfone groups is 1. The number of hydrogen-bond acceptors (Lipinski definition) is 5. The van der Waals surface area contributed by atoms with Gasteiger partial charge in [-0.05, 0) is 41.5 Å². The van der Waals surface area contributed by atoms with Gasteiger partial charge < -0.3 is 16.4 Å². The molecule has 0 saturated heterocycles. The van der Waals surface area contributed by atoms with Crippen LogP contribution in [0.5, 0.6) is 0 Å².